The van der Waals surface area contributed by atoms with E-state index < -0.39 is 0 Å². The standard InChI is InChI=1S/C26H23N3O3/c1-31-26-10-6-5-9-22(26)13-16-25(30)21-11-14-24(15-12-21)32-19-23-18-29(28-27-23)17-20-7-3-2-4-8-20/h2-16,18H,17,19H2,1H3/b16-13+. The summed E-state index contributed by atoms with van der Waals surface area (Å²) in [4.78, 5) is 12.5. The van der Waals surface area contributed by atoms with Crippen LogP contribution in [0.5, 0.6) is 11.5 Å². The van der Waals surface area contributed by atoms with Gasteiger partial charge in [0.15, 0.2) is 5.78 Å². The molecule has 0 N–H and O–H groups in total. The van der Waals surface area contributed by atoms with Gasteiger partial charge in [-0.05, 0) is 48.0 Å². The van der Waals surface area contributed by atoms with E-state index in [2.05, 4.69) is 10.3 Å². The lowest BCUT2D eigenvalue weighted by molar-refractivity contribution is 0.104. The highest BCUT2D eigenvalue weighted by Gasteiger charge is 2.06. The van der Waals surface area contributed by atoms with Crippen LogP contribution in [0.4, 0.5) is 0 Å². The van der Waals surface area contributed by atoms with Crippen LogP contribution < -0.4 is 9.47 Å². The van der Waals surface area contributed by atoms with Crippen molar-refractivity contribution in [3.63, 3.8) is 0 Å². The Morgan fingerprint density at radius 1 is 0.969 bits per heavy atom. The van der Waals surface area contributed by atoms with Crippen LogP contribution in [-0.2, 0) is 13.2 Å². The maximum atomic E-state index is 12.5. The average molecular weight is 425 g/mol. The SMILES string of the molecule is COc1ccccc1/C=C/C(=O)c1ccc(OCc2cn(Cc3ccccc3)nn2)cc1. The number of methoxy groups -OCH3 is 1. The second kappa shape index (κ2) is 10.2. The summed E-state index contributed by atoms with van der Waals surface area (Å²) in [6, 6.07) is 24.7. The number of ketones is 1. The van der Waals surface area contributed by atoms with E-state index in [0.717, 1.165) is 22.6 Å². The molecule has 4 rings (SSSR count). The van der Waals surface area contributed by atoms with Crippen LogP contribution in [0.15, 0.2) is 91.1 Å². The molecule has 0 fully saturated rings. The van der Waals surface area contributed by atoms with E-state index in [1.165, 1.54) is 0 Å². The molecule has 0 saturated carbocycles. The number of carbonyl (C=O) groups is 1. The first kappa shape index (κ1) is 21.1. The fourth-order valence-corrected chi connectivity index (χ4v) is 3.19. The third-order valence-electron chi connectivity index (χ3n) is 4.85. The number of ether oxygens (including phenoxy) is 2. The quantitative estimate of drug-likeness (QED) is 0.284. The number of para-hydroxylation sites is 1. The van der Waals surface area contributed by atoms with E-state index in [1.54, 1.807) is 48.2 Å². The number of rotatable bonds is 9. The van der Waals surface area contributed by atoms with Gasteiger partial charge < -0.3 is 9.47 Å². The molecule has 0 aliphatic rings. The fourth-order valence-electron chi connectivity index (χ4n) is 3.19. The van der Waals surface area contributed by atoms with Crippen molar-refractivity contribution in [2.75, 3.05) is 7.11 Å². The zero-order chi connectivity index (χ0) is 22.2. The van der Waals surface area contributed by atoms with Crippen molar-refractivity contribution in [3.8, 4) is 11.5 Å². The molecule has 0 aliphatic heterocycles. The van der Waals surface area contributed by atoms with E-state index in [1.807, 2.05) is 60.8 Å². The summed E-state index contributed by atoms with van der Waals surface area (Å²) in [5.74, 6) is 1.29. The lowest BCUT2D eigenvalue weighted by atomic mass is 10.1. The zero-order valence-corrected chi connectivity index (χ0v) is 17.7. The number of allylic oxidation sites excluding steroid dienone is 1. The van der Waals surface area contributed by atoms with Gasteiger partial charge in [0, 0.05) is 11.1 Å². The first-order chi connectivity index (χ1) is 15.7. The van der Waals surface area contributed by atoms with Crippen LogP contribution in [0.2, 0.25) is 0 Å². The van der Waals surface area contributed by atoms with Crippen LogP contribution in [-0.4, -0.2) is 27.9 Å². The van der Waals surface area contributed by atoms with Crippen molar-refractivity contribution in [3.05, 3.63) is 114 Å². The first-order valence-electron chi connectivity index (χ1n) is 10.2. The maximum absolute atomic E-state index is 12.5. The molecule has 0 bridgehead atoms. The third kappa shape index (κ3) is 5.49. The minimum Gasteiger partial charge on any atom is -0.496 e. The number of nitrogens with zero attached hydrogens (tertiary/aromatic N) is 3. The Morgan fingerprint density at radius 2 is 1.72 bits per heavy atom. The van der Waals surface area contributed by atoms with Gasteiger partial charge >= 0.3 is 0 Å². The molecule has 0 saturated heterocycles. The minimum atomic E-state index is -0.0914. The molecule has 160 valence electrons. The van der Waals surface area contributed by atoms with Crippen molar-refractivity contribution >= 4 is 11.9 Å². The summed E-state index contributed by atoms with van der Waals surface area (Å²) in [6.45, 7) is 0.961. The first-order valence-corrected chi connectivity index (χ1v) is 10.2. The number of benzene rings is 3. The van der Waals surface area contributed by atoms with Crippen LogP contribution in [0.25, 0.3) is 6.08 Å². The predicted molar refractivity (Wildman–Crippen MR) is 123 cm³/mol. The molecule has 0 spiro atoms. The van der Waals surface area contributed by atoms with Crippen molar-refractivity contribution in [2.45, 2.75) is 13.2 Å². The van der Waals surface area contributed by atoms with Crippen molar-refractivity contribution in [1.82, 2.24) is 15.0 Å². The van der Waals surface area contributed by atoms with Crippen molar-refractivity contribution in [1.29, 1.82) is 0 Å². The van der Waals surface area contributed by atoms with Gasteiger partial charge in [-0.3, -0.25) is 4.79 Å². The van der Waals surface area contributed by atoms with Crippen molar-refractivity contribution < 1.29 is 14.3 Å². The molecule has 1 heterocycles. The normalized spacial score (nSPS) is 10.9. The predicted octanol–water partition coefficient (Wildman–Crippen LogP) is 4.81. The summed E-state index contributed by atoms with van der Waals surface area (Å²) in [7, 11) is 1.61. The zero-order valence-electron chi connectivity index (χ0n) is 17.7. The number of aromatic nitrogens is 3. The summed E-state index contributed by atoms with van der Waals surface area (Å²) in [5.41, 5.74) is 3.33. The summed E-state index contributed by atoms with van der Waals surface area (Å²) in [5, 5.41) is 8.30. The van der Waals surface area contributed by atoms with E-state index in [4.69, 9.17) is 9.47 Å². The van der Waals surface area contributed by atoms with Crippen LogP contribution in [0.3, 0.4) is 0 Å². The topological polar surface area (TPSA) is 66.2 Å². The van der Waals surface area contributed by atoms with Gasteiger partial charge in [-0.25, -0.2) is 4.68 Å². The summed E-state index contributed by atoms with van der Waals surface area (Å²) >= 11 is 0. The summed E-state index contributed by atoms with van der Waals surface area (Å²) < 4.78 is 12.9. The molecule has 0 aliphatic carbocycles. The third-order valence-corrected chi connectivity index (χ3v) is 4.85. The van der Waals surface area contributed by atoms with Crippen LogP contribution >= 0.6 is 0 Å². The molecule has 0 atom stereocenters. The molecular weight excluding hydrogens is 402 g/mol. The number of hydrogen-bond donors (Lipinski definition) is 0. The van der Waals surface area contributed by atoms with Crippen LogP contribution in [0.1, 0.15) is 27.2 Å². The highest BCUT2D eigenvalue weighted by Crippen LogP contribution is 2.20. The Balaban J connectivity index is 1.32. The van der Waals surface area contributed by atoms with Gasteiger partial charge in [0.25, 0.3) is 0 Å². The number of carbonyl (C=O) groups excluding carboxylic acids is 1. The van der Waals surface area contributed by atoms with Crippen LogP contribution in [0, 0.1) is 0 Å². The van der Waals surface area contributed by atoms with Gasteiger partial charge in [0.05, 0.1) is 19.9 Å². The molecule has 0 radical (unpaired) electrons. The van der Waals surface area contributed by atoms with Crippen molar-refractivity contribution in [2.24, 2.45) is 0 Å². The highest BCUT2D eigenvalue weighted by atomic mass is 16.5. The van der Waals surface area contributed by atoms with E-state index in [-0.39, 0.29) is 5.78 Å². The van der Waals surface area contributed by atoms with E-state index >= 15 is 0 Å². The summed E-state index contributed by atoms with van der Waals surface area (Å²) in [6.07, 6.45) is 5.16. The lowest BCUT2D eigenvalue weighted by Crippen LogP contribution is -2.00. The maximum Gasteiger partial charge on any atom is 0.185 e. The highest BCUT2D eigenvalue weighted by molar-refractivity contribution is 6.07. The Bertz CT molecular complexity index is 1200. The molecule has 4 aromatic rings. The monoisotopic (exact) mass is 425 g/mol. The van der Waals surface area contributed by atoms with Gasteiger partial charge in [-0.2, -0.15) is 0 Å². The molecule has 0 unspecified atom stereocenters. The second-order valence-electron chi connectivity index (χ2n) is 7.15. The van der Waals surface area contributed by atoms with E-state index in [0.29, 0.717) is 24.5 Å². The fraction of sp³-hybridized carbons (Fsp3) is 0.115. The molecule has 6 nitrogen and oxygen atoms in total. The molecule has 1 aromatic heterocycles. The lowest BCUT2D eigenvalue weighted by Gasteiger charge is -2.05. The second-order valence-corrected chi connectivity index (χ2v) is 7.15. The van der Waals surface area contributed by atoms with Gasteiger partial charge in [-0.1, -0.05) is 53.7 Å². The molecule has 3 aromatic carbocycles. The van der Waals surface area contributed by atoms with E-state index in [9.17, 15) is 4.79 Å². The molecule has 6 heteroatoms. The molecule has 0 amide bonds. The smallest absolute Gasteiger partial charge is 0.185 e. The molecule has 32 heavy (non-hydrogen) atoms. The largest absolute Gasteiger partial charge is 0.496 e. The van der Waals surface area contributed by atoms with Gasteiger partial charge in [-0.15, -0.1) is 5.10 Å². The van der Waals surface area contributed by atoms with Gasteiger partial charge in [0.1, 0.15) is 23.8 Å². The Morgan fingerprint density at radius 3 is 2.50 bits per heavy atom. The average Bonchev–Trinajstić information content (AvgIpc) is 3.29. The Hall–Kier alpha value is -4.19. The minimum absolute atomic E-state index is 0.0914. The molecular formula is C26H23N3O3. The number of hydrogen-bond acceptors (Lipinski definition) is 5. The Labute approximate surface area is 186 Å². The van der Waals surface area contributed by atoms with Gasteiger partial charge in [0.2, 0.25) is 0 Å². The Kier molecular flexibility index (Phi) is 6.72.